The van der Waals surface area contributed by atoms with Crippen LogP contribution in [0.5, 0.6) is 0 Å². The van der Waals surface area contributed by atoms with E-state index in [1.807, 2.05) is 35.2 Å². The number of aromatic carboxylic acids is 1. The van der Waals surface area contributed by atoms with Crippen LogP contribution in [0.4, 0.5) is 0 Å². The number of rotatable bonds is 4. The standard InChI is InChI=1S/C20H22N2O3/c1-15(23)22-12-11-21(14-19(22)17-5-3-2-4-6-17)13-16-7-9-18(10-8-16)20(24)25/h2-10,19H,11-14H2,1H3,(H,24,25). The summed E-state index contributed by atoms with van der Waals surface area (Å²) >= 11 is 0. The van der Waals surface area contributed by atoms with Crippen LogP contribution in [0.25, 0.3) is 0 Å². The molecule has 0 saturated carbocycles. The normalized spacial score (nSPS) is 18.1. The van der Waals surface area contributed by atoms with Crippen molar-refractivity contribution < 1.29 is 14.7 Å². The average molecular weight is 338 g/mol. The number of hydrogen-bond acceptors (Lipinski definition) is 3. The van der Waals surface area contributed by atoms with Gasteiger partial charge in [0.15, 0.2) is 0 Å². The lowest BCUT2D eigenvalue weighted by Gasteiger charge is -2.41. The molecule has 0 aromatic heterocycles. The molecule has 2 aromatic carbocycles. The molecule has 130 valence electrons. The Hall–Kier alpha value is -2.66. The van der Waals surface area contributed by atoms with E-state index in [2.05, 4.69) is 17.0 Å². The van der Waals surface area contributed by atoms with Gasteiger partial charge in [-0.25, -0.2) is 4.79 Å². The van der Waals surface area contributed by atoms with Gasteiger partial charge in [0.1, 0.15) is 0 Å². The van der Waals surface area contributed by atoms with Crippen molar-refractivity contribution >= 4 is 11.9 Å². The van der Waals surface area contributed by atoms with Crippen LogP contribution in [0.15, 0.2) is 54.6 Å². The zero-order chi connectivity index (χ0) is 17.8. The van der Waals surface area contributed by atoms with Crippen molar-refractivity contribution in [2.75, 3.05) is 19.6 Å². The molecule has 1 N–H and O–H groups in total. The lowest BCUT2D eigenvalue weighted by Crippen LogP contribution is -2.49. The molecular formula is C20H22N2O3. The number of piperazine rings is 1. The Labute approximate surface area is 147 Å². The van der Waals surface area contributed by atoms with Gasteiger partial charge in [-0.15, -0.1) is 0 Å². The van der Waals surface area contributed by atoms with Crippen LogP contribution >= 0.6 is 0 Å². The molecule has 25 heavy (non-hydrogen) atoms. The summed E-state index contributed by atoms with van der Waals surface area (Å²) in [4.78, 5) is 27.2. The van der Waals surface area contributed by atoms with E-state index in [1.54, 1.807) is 19.1 Å². The summed E-state index contributed by atoms with van der Waals surface area (Å²) in [6.45, 7) is 4.64. The highest BCUT2D eigenvalue weighted by Gasteiger charge is 2.29. The molecule has 1 aliphatic heterocycles. The maximum atomic E-state index is 12.0. The molecule has 1 saturated heterocycles. The van der Waals surface area contributed by atoms with Gasteiger partial charge in [-0.2, -0.15) is 0 Å². The number of amides is 1. The smallest absolute Gasteiger partial charge is 0.335 e. The zero-order valence-corrected chi connectivity index (χ0v) is 14.3. The Balaban J connectivity index is 1.73. The van der Waals surface area contributed by atoms with Gasteiger partial charge >= 0.3 is 5.97 Å². The number of hydrogen-bond donors (Lipinski definition) is 1. The van der Waals surface area contributed by atoms with Crippen molar-refractivity contribution in [3.63, 3.8) is 0 Å². The highest BCUT2D eigenvalue weighted by atomic mass is 16.4. The molecular weight excluding hydrogens is 316 g/mol. The fourth-order valence-electron chi connectivity index (χ4n) is 3.33. The summed E-state index contributed by atoms with van der Waals surface area (Å²) in [6, 6.07) is 17.1. The number of carbonyl (C=O) groups excluding carboxylic acids is 1. The molecule has 2 aromatic rings. The number of carbonyl (C=O) groups is 2. The van der Waals surface area contributed by atoms with E-state index in [9.17, 15) is 9.59 Å². The molecule has 5 nitrogen and oxygen atoms in total. The first kappa shape index (κ1) is 17.2. The molecule has 5 heteroatoms. The minimum Gasteiger partial charge on any atom is -0.478 e. The second kappa shape index (κ2) is 7.49. The van der Waals surface area contributed by atoms with Crippen LogP contribution < -0.4 is 0 Å². The van der Waals surface area contributed by atoms with Crippen molar-refractivity contribution in [3.05, 3.63) is 71.3 Å². The quantitative estimate of drug-likeness (QED) is 0.931. The molecule has 0 aliphatic carbocycles. The number of benzene rings is 2. The second-order valence-corrected chi connectivity index (χ2v) is 6.38. The van der Waals surface area contributed by atoms with Gasteiger partial charge in [0, 0.05) is 33.1 Å². The molecule has 3 rings (SSSR count). The van der Waals surface area contributed by atoms with Gasteiger partial charge < -0.3 is 10.0 Å². The minimum atomic E-state index is -0.911. The molecule has 1 unspecified atom stereocenters. The second-order valence-electron chi connectivity index (χ2n) is 6.38. The minimum absolute atomic E-state index is 0.0470. The number of carboxylic acid groups (broad SMARTS) is 1. The van der Waals surface area contributed by atoms with Crippen molar-refractivity contribution in [2.24, 2.45) is 0 Å². The van der Waals surface area contributed by atoms with E-state index >= 15 is 0 Å². The summed E-state index contributed by atoms with van der Waals surface area (Å²) < 4.78 is 0. The van der Waals surface area contributed by atoms with E-state index in [0.717, 1.165) is 30.8 Å². The van der Waals surface area contributed by atoms with Gasteiger partial charge in [0.05, 0.1) is 11.6 Å². The van der Waals surface area contributed by atoms with Crippen molar-refractivity contribution in [1.29, 1.82) is 0 Å². The molecule has 1 fully saturated rings. The lowest BCUT2D eigenvalue weighted by molar-refractivity contribution is -0.134. The Bertz CT molecular complexity index is 743. The Morgan fingerprint density at radius 1 is 1.04 bits per heavy atom. The highest BCUT2D eigenvalue weighted by molar-refractivity contribution is 5.87. The molecule has 1 aliphatic rings. The predicted octanol–water partition coefficient (Wildman–Crippen LogP) is 2.79. The Morgan fingerprint density at radius 3 is 2.32 bits per heavy atom. The molecule has 0 bridgehead atoms. The monoisotopic (exact) mass is 338 g/mol. The summed E-state index contributed by atoms with van der Waals surface area (Å²) in [5.41, 5.74) is 2.52. The third kappa shape index (κ3) is 4.06. The van der Waals surface area contributed by atoms with Gasteiger partial charge in [-0.1, -0.05) is 42.5 Å². The van der Waals surface area contributed by atoms with Crippen LogP contribution in [0.1, 0.15) is 34.5 Å². The van der Waals surface area contributed by atoms with E-state index in [-0.39, 0.29) is 11.9 Å². The molecule has 0 radical (unpaired) electrons. The first-order valence-corrected chi connectivity index (χ1v) is 8.41. The lowest BCUT2D eigenvalue weighted by atomic mass is 10.0. The fraction of sp³-hybridized carbons (Fsp3) is 0.300. The summed E-state index contributed by atoms with van der Waals surface area (Å²) in [6.07, 6.45) is 0. The van der Waals surface area contributed by atoms with Crippen LogP contribution in [-0.4, -0.2) is 46.4 Å². The van der Waals surface area contributed by atoms with E-state index in [1.165, 1.54) is 0 Å². The third-order valence-electron chi connectivity index (χ3n) is 4.66. The van der Waals surface area contributed by atoms with Gasteiger partial charge in [0.2, 0.25) is 5.91 Å². The van der Waals surface area contributed by atoms with Crippen LogP contribution in [-0.2, 0) is 11.3 Å². The first-order valence-electron chi connectivity index (χ1n) is 8.41. The molecule has 1 heterocycles. The van der Waals surface area contributed by atoms with Crippen molar-refractivity contribution in [3.8, 4) is 0 Å². The van der Waals surface area contributed by atoms with E-state index < -0.39 is 5.97 Å². The maximum absolute atomic E-state index is 12.0. The number of carboxylic acids is 1. The van der Waals surface area contributed by atoms with E-state index in [0.29, 0.717) is 12.1 Å². The Kier molecular flexibility index (Phi) is 5.14. The summed E-state index contributed by atoms with van der Waals surface area (Å²) in [5.74, 6) is -0.815. The largest absolute Gasteiger partial charge is 0.478 e. The first-order chi connectivity index (χ1) is 12.0. The summed E-state index contributed by atoms with van der Waals surface area (Å²) in [5, 5.41) is 8.99. The van der Waals surface area contributed by atoms with Gasteiger partial charge in [0.25, 0.3) is 0 Å². The molecule has 1 amide bonds. The van der Waals surface area contributed by atoms with Crippen LogP contribution in [0, 0.1) is 0 Å². The van der Waals surface area contributed by atoms with Crippen LogP contribution in [0.3, 0.4) is 0 Å². The SMILES string of the molecule is CC(=O)N1CCN(Cc2ccc(C(=O)O)cc2)CC1c1ccccc1. The predicted molar refractivity (Wildman–Crippen MR) is 95.2 cm³/mol. The third-order valence-corrected chi connectivity index (χ3v) is 4.66. The van der Waals surface area contributed by atoms with Gasteiger partial charge in [-0.05, 0) is 23.3 Å². The average Bonchev–Trinajstić information content (AvgIpc) is 2.62. The topological polar surface area (TPSA) is 60.9 Å². The number of nitrogens with zero attached hydrogens (tertiary/aromatic N) is 2. The summed E-state index contributed by atoms with van der Waals surface area (Å²) in [7, 11) is 0. The van der Waals surface area contributed by atoms with E-state index in [4.69, 9.17) is 5.11 Å². The Morgan fingerprint density at radius 2 is 1.72 bits per heavy atom. The highest BCUT2D eigenvalue weighted by Crippen LogP contribution is 2.26. The maximum Gasteiger partial charge on any atom is 0.335 e. The molecule has 0 spiro atoms. The van der Waals surface area contributed by atoms with Crippen molar-refractivity contribution in [2.45, 2.75) is 19.5 Å². The van der Waals surface area contributed by atoms with Crippen molar-refractivity contribution in [1.82, 2.24) is 9.80 Å². The zero-order valence-electron chi connectivity index (χ0n) is 14.3. The fourth-order valence-corrected chi connectivity index (χ4v) is 3.33. The van der Waals surface area contributed by atoms with Gasteiger partial charge in [-0.3, -0.25) is 9.69 Å². The van der Waals surface area contributed by atoms with Crippen LogP contribution in [0.2, 0.25) is 0 Å². The molecule has 1 atom stereocenters.